The van der Waals surface area contributed by atoms with E-state index in [1.807, 2.05) is 6.07 Å². The van der Waals surface area contributed by atoms with Crippen molar-refractivity contribution in [3.05, 3.63) is 176 Å². The molecule has 0 amide bonds. The molecule has 7 aromatic carbocycles. The minimum absolute atomic E-state index is 0.974. The third-order valence-corrected chi connectivity index (χ3v) is 8.48. The van der Waals surface area contributed by atoms with Gasteiger partial charge in [0.25, 0.3) is 0 Å². The van der Waals surface area contributed by atoms with Crippen molar-refractivity contribution in [3.8, 4) is 55.9 Å². The molecule has 0 aliphatic rings. The minimum Gasteiger partial charge on any atom is -0.248 e. The summed E-state index contributed by atoms with van der Waals surface area (Å²) in [4.78, 5) is 4.97. The number of nitrogens with zero attached hydrogens (tertiary/aromatic N) is 1. The second-order valence-electron chi connectivity index (χ2n) is 11.1. The zero-order valence-corrected chi connectivity index (χ0v) is 24.2. The predicted octanol–water partition coefficient (Wildman–Crippen LogP) is 11.7. The molecule has 0 saturated heterocycles. The number of benzene rings is 7. The molecule has 0 aliphatic heterocycles. The van der Waals surface area contributed by atoms with Crippen molar-refractivity contribution in [1.29, 1.82) is 0 Å². The monoisotopic (exact) mass is 559 g/mol. The molecule has 0 unspecified atom stereocenters. The Hall–Kier alpha value is -5.79. The lowest BCUT2D eigenvalue weighted by atomic mass is 9.85. The van der Waals surface area contributed by atoms with Gasteiger partial charge in [-0.15, -0.1) is 0 Å². The van der Waals surface area contributed by atoms with Crippen molar-refractivity contribution >= 4 is 21.5 Å². The van der Waals surface area contributed by atoms with Crippen LogP contribution in [-0.2, 0) is 0 Å². The number of aromatic nitrogens is 1. The third kappa shape index (κ3) is 4.65. The van der Waals surface area contributed by atoms with Gasteiger partial charge in [-0.25, -0.2) is 4.98 Å². The van der Waals surface area contributed by atoms with Crippen LogP contribution in [-0.4, -0.2) is 4.98 Å². The van der Waals surface area contributed by atoms with Gasteiger partial charge in [0.1, 0.15) is 0 Å². The number of hydrogen-bond acceptors (Lipinski definition) is 1. The van der Waals surface area contributed by atoms with E-state index in [0.29, 0.717) is 0 Å². The molecule has 8 rings (SSSR count). The van der Waals surface area contributed by atoms with E-state index >= 15 is 0 Å². The SMILES string of the molecule is c1ccc(-c2cccc(-c3ccc(-c4ccc5c(-c6ccccc6)c6ccccc6c(-c6ccccc6)c5c4)cc3)n2)cc1. The van der Waals surface area contributed by atoms with Crippen LogP contribution in [0.4, 0.5) is 0 Å². The lowest BCUT2D eigenvalue weighted by Gasteiger charge is -2.18. The Kier molecular flexibility index (Phi) is 6.55. The maximum absolute atomic E-state index is 4.97. The second kappa shape index (κ2) is 11.1. The Morgan fingerprint density at radius 2 is 0.659 bits per heavy atom. The molecule has 1 heteroatoms. The van der Waals surface area contributed by atoms with Gasteiger partial charge in [0.05, 0.1) is 11.4 Å². The van der Waals surface area contributed by atoms with E-state index in [4.69, 9.17) is 4.98 Å². The highest BCUT2D eigenvalue weighted by Crippen LogP contribution is 2.44. The zero-order chi connectivity index (χ0) is 29.3. The van der Waals surface area contributed by atoms with Crippen LogP contribution >= 0.6 is 0 Å². The van der Waals surface area contributed by atoms with Crippen LogP contribution in [0.2, 0.25) is 0 Å². The van der Waals surface area contributed by atoms with Gasteiger partial charge in [-0.3, -0.25) is 0 Å². The lowest BCUT2D eigenvalue weighted by molar-refractivity contribution is 1.32. The zero-order valence-electron chi connectivity index (χ0n) is 24.2. The predicted molar refractivity (Wildman–Crippen MR) is 186 cm³/mol. The van der Waals surface area contributed by atoms with Gasteiger partial charge >= 0.3 is 0 Å². The Balaban J connectivity index is 1.29. The molecule has 0 bridgehead atoms. The standard InChI is InChI=1S/C43H29N/c1-4-13-31(14-5-1)40-21-12-22-41(44-40)32-25-23-30(24-26-32)35-27-28-38-39(29-35)43(34-17-8-3-9-18-34)37-20-11-10-19-36(37)42(38)33-15-6-2-7-16-33/h1-29H. The maximum Gasteiger partial charge on any atom is 0.0709 e. The van der Waals surface area contributed by atoms with Crippen LogP contribution in [0.25, 0.3) is 77.4 Å². The first-order chi connectivity index (χ1) is 21.8. The van der Waals surface area contributed by atoms with E-state index in [1.54, 1.807) is 0 Å². The number of fused-ring (bicyclic) bond motifs is 2. The number of rotatable bonds is 5. The molecule has 0 spiro atoms. The smallest absolute Gasteiger partial charge is 0.0709 e. The molecule has 1 aromatic heterocycles. The van der Waals surface area contributed by atoms with Crippen LogP contribution < -0.4 is 0 Å². The van der Waals surface area contributed by atoms with Crippen molar-refractivity contribution in [3.63, 3.8) is 0 Å². The molecule has 44 heavy (non-hydrogen) atoms. The topological polar surface area (TPSA) is 12.9 Å². The maximum atomic E-state index is 4.97. The molecule has 0 atom stereocenters. The van der Waals surface area contributed by atoms with Gasteiger partial charge in [0, 0.05) is 11.1 Å². The van der Waals surface area contributed by atoms with Crippen molar-refractivity contribution in [2.45, 2.75) is 0 Å². The summed E-state index contributed by atoms with van der Waals surface area (Å²) >= 11 is 0. The van der Waals surface area contributed by atoms with Crippen LogP contribution in [0.5, 0.6) is 0 Å². The molecule has 0 saturated carbocycles. The van der Waals surface area contributed by atoms with E-state index in [-0.39, 0.29) is 0 Å². The van der Waals surface area contributed by atoms with Crippen LogP contribution in [0, 0.1) is 0 Å². The van der Waals surface area contributed by atoms with E-state index < -0.39 is 0 Å². The summed E-state index contributed by atoms with van der Waals surface area (Å²) in [6, 6.07) is 62.7. The van der Waals surface area contributed by atoms with Gasteiger partial charge in [0.15, 0.2) is 0 Å². The molecular formula is C43H29N. The van der Waals surface area contributed by atoms with Crippen molar-refractivity contribution < 1.29 is 0 Å². The van der Waals surface area contributed by atoms with Crippen LogP contribution in [0.15, 0.2) is 176 Å². The summed E-state index contributed by atoms with van der Waals surface area (Å²) in [7, 11) is 0. The summed E-state index contributed by atoms with van der Waals surface area (Å²) in [5.41, 5.74) is 11.6. The Morgan fingerprint density at radius 1 is 0.250 bits per heavy atom. The molecule has 0 radical (unpaired) electrons. The van der Waals surface area contributed by atoms with E-state index in [0.717, 1.165) is 22.5 Å². The summed E-state index contributed by atoms with van der Waals surface area (Å²) in [5, 5.41) is 5.05. The average molecular weight is 560 g/mol. The molecule has 8 aromatic rings. The summed E-state index contributed by atoms with van der Waals surface area (Å²) in [6.45, 7) is 0. The van der Waals surface area contributed by atoms with Gasteiger partial charge in [-0.2, -0.15) is 0 Å². The fourth-order valence-corrected chi connectivity index (χ4v) is 6.39. The third-order valence-electron chi connectivity index (χ3n) is 8.48. The van der Waals surface area contributed by atoms with Crippen molar-refractivity contribution in [2.75, 3.05) is 0 Å². The first-order valence-corrected chi connectivity index (χ1v) is 15.1. The summed E-state index contributed by atoms with van der Waals surface area (Å²) < 4.78 is 0. The van der Waals surface area contributed by atoms with Crippen LogP contribution in [0.3, 0.4) is 0 Å². The molecule has 206 valence electrons. The van der Waals surface area contributed by atoms with Crippen molar-refractivity contribution in [1.82, 2.24) is 4.98 Å². The molecule has 1 heterocycles. The largest absolute Gasteiger partial charge is 0.248 e. The Labute approximate surface area is 257 Å². The fraction of sp³-hybridized carbons (Fsp3) is 0. The quantitative estimate of drug-likeness (QED) is 0.191. The van der Waals surface area contributed by atoms with Gasteiger partial charge in [-0.1, -0.05) is 158 Å². The fourth-order valence-electron chi connectivity index (χ4n) is 6.39. The lowest BCUT2D eigenvalue weighted by Crippen LogP contribution is -1.91. The average Bonchev–Trinajstić information content (AvgIpc) is 3.11. The van der Waals surface area contributed by atoms with E-state index in [1.165, 1.54) is 54.9 Å². The second-order valence-corrected chi connectivity index (χ2v) is 11.1. The van der Waals surface area contributed by atoms with Gasteiger partial charge in [-0.05, 0) is 73.1 Å². The number of hydrogen-bond donors (Lipinski definition) is 0. The molecular weight excluding hydrogens is 530 g/mol. The van der Waals surface area contributed by atoms with Gasteiger partial charge < -0.3 is 0 Å². The molecule has 0 N–H and O–H groups in total. The summed E-state index contributed by atoms with van der Waals surface area (Å²) in [5.74, 6) is 0. The van der Waals surface area contributed by atoms with E-state index in [9.17, 15) is 0 Å². The molecule has 0 aliphatic carbocycles. The van der Waals surface area contributed by atoms with E-state index in [2.05, 4.69) is 170 Å². The molecule has 1 nitrogen and oxygen atoms in total. The highest BCUT2D eigenvalue weighted by Gasteiger charge is 2.17. The first-order valence-electron chi connectivity index (χ1n) is 15.1. The van der Waals surface area contributed by atoms with Gasteiger partial charge in [0.2, 0.25) is 0 Å². The Bertz CT molecular complexity index is 2230. The van der Waals surface area contributed by atoms with Crippen LogP contribution in [0.1, 0.15) is 0 Å². The normalized spacial score (nSPS) is 11.2. The highest BCUT2D eigenvalue weighted by molar-refractivity contribution is 6.21. The number of pyridine rings is 1. The minimum atomic E-state index is 0.974. The molecule has 0 fully saturated rings. The highest BCUT2D eigenvalue weighted by atomic mass is 14.7. The first kappa shape index (κ1) is 25.9. The Morgan fingerprint density at radius 3 is 1.23 bits per heavy atom. The van der Waals surface area contributed by atoms with Crippen molar-refractivity contribution in [2.24, 2.45) is 0 Å². The summed E-state index contributed by atoms with van der Waals surface area (Å²) in [6.07, 6.45) is 0.